The maximum absolute atomic E-state index is 8.83. The molecule has 0 atom stereocenters. The lowest BCUT2D eigenvalue weighted by Crippen LogP contribution is -2.28. The quantitative estimate of drug-likeness (QED) is 0.803. The number of likely N-dealkylation sites (N-methyl/N-ethyl adjacent to an activating group) is 1. The summed E-state index contributed by atoms with van der Waals surface area (Å²) < 4.78 is 5.27. The Hall–Kier alpha value is -1.73. The molecule has 0 bridgehead atoms. The van der Waals surface area contributed by atoms with Crippen LogP contribution in [0.4, 0.5) is 5.69 Å². The fourth-order valence-corrected chi connectivity index (χ4v) is 1.80. The number of nitrogens with zero attached hydrogens (tertiary/aromatic N) is 2. The van der Waals surface area contributed by atoms with Crippen molar-refractivity contribution in [1.82, 2.24) is 4.90 Å². The van der Waals surface area contributed by atoms with Gasteiger partial charge in [-0.3, -0.25) is 0 Å². The van der Waals surface area contributed by atoms with Crippen LogP contribution in [-0.2, 0) is 0 Å². The molecule has 0 spiro atoms. The Balaban J connectivity index is 2.59. The molecule has 0 aliphatic rings. The second-order valence-corrected chi connectivity index (χ2v) is 3.98. The van der Waals surface area contributed by atoms with Crippen molar-refractivity contribution in [2.24, 2.45) is 0 Å². The van der Waals surface area contributed by atoms with Crippen molar-refractivity contribution >= 4 is 5.69 Å². The number of methoxy groups -OCH3 is 1. The van der Waals surface area contributed by atoms with Gasteiger partial charge in [0.25, 0.3) is 0 Å². The molecule has 0 saturated heterocycles. The molecule has 0 aliphatic heterocycles. The highest BCUT2D eigenvalue weighted by Crippen LogP contribution is 2.24. The molecule has 4 nitrogen and oxygen atoms in total. The summed E-state index contributed by atoms with van der Waals surface area (Å²) in [6, 6.07) is 7.54. The van der Waals surface area contributed by atoms with Gasteiger partial charge in [-0.1, -0.05) is 13.8 Å². The zero-order chi connectivity index (χ0) is 13.4. The summed E-state index contributed by atoms with van der Waals surface area (Å²) >= 11 is 0. The van der Waals surface area contributed by atoms with Gasteiger partial charge in [-0.15, -0.1) is 0 Å². The summed E-state index contributed by atoms with van der Waals surface area (Å²) in [4.78, 5) is 2.35. The maximum atomic E-state index is 8.83. The van der Waals surface area contributed by atoms with Gasteiger partial charge in [-0.25, -0.2) is 0 Å². The fourth-order valence-electron chi connectivity index (χ4n) is 1.80. The molecule has 18 heavy (non-hydrogen) atoms. The van der Waals surface area contributed by atoms with Crippen LogP contribution in [0.25, 0.3) is 0 Å². The minimum absolute atomic E-state index is 0.612. The molecule has 1 aromatic carbocycles. The molecule has 0 aliphatic carbocycles. The summed E-state index contributed by atoms with van der Waals surface area (Å²) in [5.74, 6) is 0.716. The van der Waals surface area contributed by atoms with Gasteiger partial charge >= 0.3 is 0 Å². The molecule has 0 radical (unpaired) electrons. The third-order valence-corrected chi connectivity index (χ3v) is 2.97. The van der Waals surface area contributed by atoms with Crippen LogP contribution in [0.1, 0.15) is 19.4 Å². The molecule has 0 amide bonds. The molecule has 1 N–H and O–H groups in total. The van der Waals surface area contributed by atoms with Crippen LogP contribution in [0.15, 0.2) is 18.2 Å². The van der Waals surface area contributed by atoms with Crippen molar-refractivity contribution in [1.29, 1.82) is 5.26 Å². The van der Waals surface area contributed by atoms with Gasteiger partial charge in [0.1, 0.15) is 5.75 Å². The number of nitrogens with one attached hydrogen (secondary N) is 1. The van der Waals surface area contributed by atoms with Crippen LogP contribution in [0.3, 0.4) is 0 Å². The van der Waals surface area contributed by atoms with E-state index in [0.717, 1.165) is 31.9 Å². The van der Waals surface area contributed by atoms with E-state index in [0.29, 0.717) is 11.3 Å². The van der Waals surface area contributed by atoms with Crippen LogP contribution in [0, 0.1) is 11.3 Å². The van der Waals surface area contributed by atoms with Crippen LogP contribution in [0.2, 0.25) is 0 Å². The second-order valence-electron chi connectivity index (χ2n) is 3.98. The Morgan fingerprint density at radius 2 is 2.06 bits per heavy atom. The smallest absolute Gasteiger partial charge is 0.143 e. The van der Waals surface area contributed by atoms with Crippen LogP contribution in [-0.4, -0.2) is 38.2 Å². The van der Waals surface area contributed by atoms with Gasteiger partial charge in [-0.2, -0.15) is 5.26 Å². The predicted molar refractivity (Wildman–Crippen MR) is 74.0 cm³/mol. The minimum Gasteiger partial charge on any atom is -0.495 e. The van der Waals surface area contributed by atoms with Crippen LogP contribution < -0.4 is 10.1 Å². The number of ether oxygens (including phenoxy) is 1. The first-order valence-electron chi connectivity index (χ1n) is 6.29. The van der Waals surface area contributed by atoms with E-state index in [9.17, 15) is 0 Å². The van der Waals surface area contributed by atoms with E-state index in [1.165, 1.54) is 0 Å². The molecule has 0 fully saturated rings. The van der Waals surface area contributed by atoms with Gasteiger partial charge in [-0.05, 0) is 25.2 Å². The van der Waals surface area contributed by atoms with Gasteiger partial charge < -0.3 is 15.0 Å². The number of hydrogen-bond acceptors (Lipinski definition) is 4. The third-order valence-electron chi connectivity index (χ3n) is 2.97. The van der Waals surface area contributed by atoms with Crippen molar-refractivity contribution in [2.75, 3.05) is 38.6 Å². The summed E-state index contributed by atoms with van der Waals surface area (Å²) in [6.07, 6.45) is 0. The summed E-state index contributed by atoms with van der Waals surface area (Å²) in [7, 11) is 1.62. The van der Waals surface area contributed by atoms with E-state index in [1.54, 1.807) is 19.2 Å². The topological polar surface area (TPSA) is 48.3 Å². The van der Waals surface area contributed by atoms with Crippen molar-refractivity contribution < 1.29 is 4.74 Å². The lowest BCUT2D eigenvalue weighted by Gasteiger charge is -2.19. The van der Waals surface area contributed by atoms with E-state index in [2.05, 4.69) is 30.1 Å². The molecule has 98 valence electrons. The van der Waals surface area contributed by atoms with Crippen LogP contribution >= 0.6 is 0 Å². The highest BCUT2D eigenvalue weighted by Gasteiger charge is 2.04. The molecule has 1 rings (SSSR count). The van der Waals surface area contributed by atoms with Gasteiger partial charge in [0.05, 0.1) is 24.4 Å². The average molecular weight is 247 g/mol. The van der Waals surface area contributed by atoms with Crippen LogP contribution in [0.5, 0.6) is 5.75 Å². The normalized spacial score (nSPS) is 10.2. The number of rotatable bonds is 7. The molecular weight excluding hydrogens is 226 g/mol. The van der Waals surface area contributed by atoms with Crippen molar-refractivity contribution in [3.63, 3.8) is 0 Å². The van der Waals surface area contributed by atoms with E-state index < -0.39 is 0 Å². The van der Waals surface area contributed by atoms with E-state index in [-0.39, 0.29) is 0 Å². The lowest BCUT2D eigenvalue weighted by molar-refractivity contribution is 0.316. The van der Waals surface area contributed by atoms with Crippen molar-refractivity contribution in [2.45, 2.75) is 13.8 Å². The highest BCUT2D eigenvalue weighted by molar-refractivity contribution is 5.59. The molecule has 0 saturated carbocycles. The Labute approximate surface area is 109 Å². The number of hydrogen-bond donors (Lipinski definition) is 1. The average Bonchev–Trinajstić information content (AvgIpc) is 2.43. The first-order chi connectivity index (χ1) is 8.74. The van der Waals surface area contributed by atoms with Gasteiger partial charge in [0, 0.05) is 19.2 Å². The summed E-state index contributed by atoms with van der Waals surface area (Å²) in [5, 5.41) is 12.2. The molecule has 0 heterocycles. The lowest BCUT2D eigenvalue weighted by atomic mass is 10.2. The second kappa shape index (κ2) is 7.57. The van der Waals surface area contributed by atoms with Gasteiger partial charge in [0.2, 0.25) is 0 Å². The zero-order valence-electron chi connectivity index (χ0n) is 11.4. The van der Waals surface area contributed by atoms with E-state index in [1.807, 2.05) is 6.07 Å². The Morgan fingerprint density at radius 3 is 2.61 bits per heavy atom. The monoisotopic (exact) mass is 247 g/mol. The molecule has 0 aromatic heterocycles. The fraction of sp³-hybridized carbons (Fsp3) is 0.500. The number of nitriles is 1. The number of benzene rings is 1. The maximum Gasteiger partial charge on any atom is 0.143 e. The minimum atomic E-state index is 0.612. The predicted octanol–water partition coefficient (Wildman–Crippen LogP) is 2.32. The van der Waals surface area contributed by atoms with E-state index in [4.69, 9.17) is 10.00 Å². The molecule has 0 unspecified atom stereocenters. The van der Waals surface area contributed by atoms with Crippen molar-refractivity contribution in [3.05, 3.63) is 23.8 Å². The Bertz CT molecular complexity index is 408. The molecule has 1 aromatic rings. The third kappa shape index (κ3) is 3.94. The first kappa shape index (κ1) is 14.3. The first-order valence-corrected chi connectivity index (χ1v) is 6.29. The van der Waals surface area contributed by atoms with Gasteiger partial charge in [0.15, 0.2) is 0 Å². The Morgan fingerprint density at radius 1 is 1.33 bits per heavy atom. The Kier molecular flexibility index (Phi) is 6.03. The standard InChI is InChI=1S/C14H21N3O/c1-4-17(5-2)9-8-16-13-7-6-12(11-15)10-14(13)18-3/h6-7,10,16H,4-5,8-9H2,1-3H3. The summed E-state index contributed by atoms with van der Waals surface area (Å²) in [5.41, 5.74) is 1.55. The van der Waals surface area contributed by atoms with E-state index >= 15 is 0 Å². The molecule has 4 heteroatoms. The number of anilines is 1. The molecular formula is C14H21N3O. The van der Waals surface area contributed by atoms with Crippen molar-refractivity contribution in [3.8, 4) is 11.8 Å². The SMILES string of the molecule is CCN(CC)CCNc1ccc(C#N)cc1OC. The summed E-state index contributed by atoms with van der Waals surface area (Å²) in [6.45, 7) is 8.29. The zero-order valence-corrected chi connectivity index (χ0v) is 11.4. The largest absolute Gasteiger partial charge is 0.495 e. The highest BCUT2D eigenvalue weighted by atomic mass is 16.5.